The first-order valence-corrected chi connectivity index (χ1v) is 5.96. The van der Waals surface area contributed by atoms with E-state index >= 15 is 0 Å². The van der Waals surface area contributed by atoms with E-state index in [2.05, 4.69) is 16.9 Å². The molecule has 1 aromatic rings. The van der Waals surface area contributed by atoms with Crippen LogP contribution in [0.25, 0.3) is 0 Å². The highest BCUT2D eigenvalue weighted by Gasteiger charge is 2.17. The minimum Gasteiger partial charge on any atom is -0.457 e. The Morgan fingerprint density at radius 1 is 1.56 bits per heavy atom. The Kier molecular flexibility index (Phi) is 6.07. The van der Waals surface area contributed by atoms with Gasteiger partial charge in [0.25, 0.3) is 0 Å². The van der Waals surface area contributed by atoms with Crippen LogP contribution in [0.3, 0.4) is 0 Å². The van der Waals surface area contributed by atoms with Crippen molar-refractivity contribution in [2.75, 3.05) is 19.8 Å². The Morgan fingerprint density at radius 3 is 3.00 bits per heavy atom. The molecule has 0 bridgehead atoms. The van der Waals surface area contributed by atoms with Crippen molar-refractivity contribution < 1.29 is 14.3 Å². The Bertz CT molecular complexity index is 401. The van der Waals surface area contributed by atoms with Gasteiger partial charge < -0.3 is 9.47 Å². The largest absolute Gasteiger partial charge is 0.457 e. The standard InChI is InChI=1S/C12H19N3O3/c1-4-8-18-12(16)11-10(3)15(14-13-11)7-6-9-17-5-2/h4H,1,5-9H2,2-3H3. The predicted octanol–water partition coefficient (Wildman–Crippen LogP) is 1.36. The number of aromatic nitrogens is 3. The monoisotopic (exact) mass is 253 g/mol. The zero-order valence-corrected chi connectivity index (χ0v) is 10.9. The molecule has 0 aliphatic carbocycles. The van der Waals surface area contributed by atoms with Crippen LogP contribution in [0.5, 0.6) is 0 Å². The second-order valence-corrected chi connectivity index (χ2v) is 3.68. The summed E-state index contributed by atoms with van der Waals surface area (Å²) in [6.07, 6.45) is 2.35. The first-order valence-electron chi connectivity index (χ1n) is 5.96. The van der Waals surface area contributed by atoms with Gasteiger partial charge in [-0.2, -0.15) is 0 Å². The lowest BCUT2D eigenvalue weighted by atomic mass is 10.3. The summed E-state index contributed by atoms with van der Waals surface area (Å²) in [6.45, 7) is 9.46. The molecule has 1 heterocycles. The lowest BCUT2D eigenvalue weighted by Crippen LogP contribution is -2.09. The number of rotatable bonds is 8. The van der Waals surface area contributed by atoms with Crippen molar-refractivity contribution in [3.8, 4) is 0 Å². The van der Waals surface area contributed by atoms with Crippen molar-refractivity contribution >= 4 is 5.97 Å². The Hall–Kier alpha value is -1.69. The van der Waals surface area contributed by atoms with Crippen molar-refractivity contribution in [2.24, 2.45) is 0 Å². The van der Waals surface area contributed by atoms with Crippen LogP contribution in [-0.2, 0) is 16.0 Å². The number of carbonyl (C=O) groups excluding carboxylic acids is 1. The minimum atomic E-state index is -0.469. The molecule has 0 atom stereocenters. The molecule has 0 amide bonds. The number of hydrogen-bond acceptors (Lipinski definition) is 5. The van der Waals surface area contributed by atoms with E-state index in [-0.39, 0.29) is 12.3 Å². The number of esters is 1. The highest BCUT2D eigenvalue weighted by atomic mass is 16.5. The first kappa shape index (κ1) is 14.4. The predicted molar refractivity (Wildman–Crippen MR) is 66.3 cm³/mol. The van der Waals surface area contributed by atoms with Gasteiger partial charge in [0.2, 0.25) is 0 Å². The zero-order chi connectivity index (χ0) is 13.4. The minimum absolute atomic E-state index is 0.176. The average molecular weight is 253 g/mol. The van der Waals surface area contributed by atoms with E-state index in [0.717, 1.165) is 6.42 Å². The summed E-state index contributed by atoms with van der Waals surface area (Å²) in [5.41, 5.74) is 0.967. The molecule has 0 N–H and O–H groups in total. The van der Waals surface area contributed by atoms with Gasteiger partial charge in [0.1, 0.15) is 6.61 Å². The van der Waals surface area contributed by atoms with Crippen molar-refractivity contribution in [1.82, 2.24) is 15.0 Å². The maximum atomic E-state index is 11.6. The Labute approximate surface area is 107 Å². The molecule has 0 aliphatic rings. The normalized spacial score (nSPS) is 10.3. The third-order valence-electron chi connectivity index (χ3n) is 2.37. The number of hydrogen-bond donors (Lipinski definition) is 0. The molecule has 1 aromatic heterocycles. The molecule has 1 rings (SSSR count). The van der Waals surface area contributed by atoms with E-state index in [4.69, 9.17) is 9.47 Å². The summed E-state index contributed by atoms with van der Waals surface area (Å²) in [5, 5.41) is 7.76. The van der Waals surface area contributed by atoms with E-state index in [1.165, 1.54) is 6.08 Å². The lowest BCUT2D eigenvalue weighted by Gasteiger charge is -2.04. The van der Waals surface area contributed by atoms with Gasteiger partial charge in [0.05, 0.1) is 5.69 Å². The highest BCUT2D eigenvalue weighted by Crippen LogP contribution is 2.06. The van der Waals surface area contributed by atoms with Gasteiger partial charge in [-0.1, -0.05) is 17.9 Å². The fourth-order valence-corrected chi connectivity index (χ4v) is 1.43. The maximum absolute atomic E-state index is 11.6. The summed E-state index contributed by atoms with van der Waals surface area (Å²) < 4.78 is 11.8. The Morgan fingerprint density at radius 2 is 2.33 bits per heavy atom. The van der Waals surface area contributed by atoms with E-state index in [0.29, 0.717) is 25.5 Å². The van der Waals surface area contributed by atoms with Crippen LogP contribution in [0.4, 0.5) is 0 Å². The fourth-order valence-electron chi connectivity index (χ4n) is 1.43. The SMILES string of the molecule is C=CCOC(=O)c1nnn(CCCOCC)c1C. The smallest absolute Gasteiger partial charge is 0.361 e. The molecular formula is C12H19N3O3. The number of carbonyl (C=O) groups is 1. The van der Waals surface area contributed by atoms with Crippen molar-refractivity contribution in [2.45, 2.75) is 26.8 Å². The van der Waals surface area contributed by atoms with Crippen LogP contribution in [-0.4, -0.2) is 40.8 Å². The fraction of sp³-hybridized carbons (Fsp3) is 0.583. The lowest BCUT2D eigenvalue weighted by molar-refractivity contribution is 0.0542. The number of ether oxygens (including phenoxy) is 2. The topological polar surface area (TPSA) is 66.2 Å². The maximum Gasteiger partial charge on any atom is 0.361 e. The molecule has 0 saturated carbocycles. The van der Waals surface area contributed by atoms with Crippen molar-refractivity contribution in [1.29, 1.82) is 0 Å². The van der Waals surface area contributed by atoms with Gasteiger partial charge in [-0.3, -0.25) is 0 Å². The number of nitrogens with zero attached hydrogens (tertiary/aromatic N) is 3. The van der Waals surface area contributed by atoms with Gasteiger partial charge in [-0.05, 0) is 20.3 Å². The van der Waals surface area contributed by atoms with Crippen LogP contribution >= 0.6 is 0 Å². The van der Waals surface area contributed by atoms with E-state index in [9.17, 15) is 4.79 Å². The molecule has 6 heteroatoms. The first-order chi connectivity index (χ1) is 8.70. The van der Waals surface area contributed by atoms with Gasteiger partial charge in [0.15, 0.2) is 5.69 Å². The van der Waals surface area contributed by atoms with Crippen LogP contribution in [0.15, 0.2) is 12.7 Å². The quantitative estimate of drug-likeness (QED) is 0.397. The molecular weight excluding hydrogens is 234 g/mol. The zero-order valence-electron chi connectivity index (χ0n) is 10.9. The van der Waals surface area contributed by atoms with Gasteiger partial charge in [0, 0.05) is 19.8 Å². The third kappa shape index (κ3) is 3.96. The van der Waals surface area contributed by atoms with Crippen molar-refractivity contribution in [3.63, 3.8) is 0 Å². The van der Waals surface area contributed by atoms with Crippen molar-refractivity contribution in [3.05, 3.63) is 24.0 Å². The molecule has 0 fully saturated rings. The number of aryl methyl sites for hydroxylation is 1. The summed E-state index contributed by atoms with van der Waals surface area (Å²) in [5.74, 6) is -0.469. The van der Waals surface area contributed by atoms with Crippen LogP contribution in [0, 0.1) is 6.92 Å². The van der Waals surface area contributed by atoms with Gasteiger partial charge in [-0.15, -0.1) is 5.10 Å². The highest BCUT2D eigenvalue weighted by molar-refractivity contribution is 5.88. The van der Waals surface area contributed by atoms with E-state index in [1.807, 2.05) is 6.92 Å². The average Bonchev–Trinajstić information content (AvgIpc) is 2.73. The molecule has 0 unspecified atom stereocenters. The molecule has 100 valence electrons. The van der Waals surface area contributed by atoms with Gasteiger partial charge >= 0.3 is 5.97 Å². The van der Waals surface area contributed by atoms with Crippen LogP contribution in [0.1, 0.15) is 29.5 Å². The summed E-state index contributed by atoms with van der Waals surface area (Å²) >= 11 is 0. The molecule has 0 aromatic carbocycles. The molecule has 0 radical (unpaired) electrons. The summed E-state index contributed by atoms with van der Waals surface area (Å²) in [4.78, 5) is 11.6. The van der Waals surface area contributed by atoms with E-state index in [1.54, 1.807) is 11.6 Å². The van der Waals surface area contributed by atoms with E-state index < -0.39 is 5.97 Å². The summed E-state index contributed by atoms with van der Waals surface area (Å²) in [6, 6.07) is 0. The van der Waals surface area contributed by atoms with Gasteiger partial charge in [-0.25, -0.2) is 9.48 Å². The third-order valence-corrected chi connectivity index (χ3v) is 2.37. The second kappa shape index (κ2) is 7.60. The molecule has 0 spiro atoms. The second-order valence-electron chi connectivity index (χ2n) is 3.68. The Balaban J connectivity index is 2.54. The summed E-state index contributed by atoms with van der Waals surface area (Å²) in [7, 11) is 0. The van der Waals surface area contributed by atoms with Crippen LogP contribution < -0.4 is 0 Å². The molecule has 18 heavy (non-hydrogen) atoms. The molecule has 0 saturated heterocycles. The molecule has 0 aliphatic heterocycles. The van der Waals surface area contributed by atoms with Crippen LogP contribution in [0.2, 0.25) is 0 Å². The molecule has 6 nitrogen and oxygen atoms in total.